The van der Waals surface area contributed by atoms with Crippen molar-refractivity contribution in [2.75, 3.05) is 19.6 Å². The molecule has 4 heteroatoms. The molecular formula is C18H25FN2O. The van der Waals surface area contributed by atoms with E-state index >= 15 is 0 Å². The van der Waals surface area contributed by atoms with Gasteiger partial charge in [0.1, 0.15) is 5.82 Å². The number of piperidine rings is 2. The predicted molar refractivity (Wildman–Crippen MR) is 85.6 cm³/mol. The molecule has 2 saturated heterocycles. The van der Waals surface area contributed by atoms with E-state index < -0.39 is 0 Å². The summed E-state index contributed by atoms with van der Waals surface area (Å²) in [6.07, 6.45) is 5.20. The van der Waals surface area contributed by atoms with Gasteiger partial charge in [-0.1, -0.05) is 0 Å². The molecule has 2 aliphatic heterocycles. The number of amides is 1. The first kappa shape index (κ1) is 15.5. The van der Waals surface area contributed by atoms with E-state index in [1.54, 1.807) is 12.1 Å². The molecule has 1 aromatic carbocycles. The summed E-state index contributed by atoms with van der Waals surface area (Å²) in [7, 11) is 0. The van der Waals surface area contributed by atoms with Crippen LogP contribution in [0.5, 0.6) is 0 Å². The lowest BCUT2D eigenvalue weighted by atomic mass is 9.88. The molecule has 2 aliphatic rings. The van der Waals surface area contributed by atoms with Crippen molar-refractivity contribution < 1.29 is 9.18 Å². The molecule has 22 heavy (non-hydrogen) atoms. The summed E-state index contributed by atoms with van der Waals surface area (Å²) < 4.78 is 14.2. The summed E-state index contributed by atoms with van der Waals surface area (Å²) in [5.74, 6) is 0.116. The molecule has 2 heterocycles. The third-order valence-corrected chi connectivity index (χ3v) is 5.09. The van der Waals surface area contributed by atoms with Crippen molar-refractivity contribution in [2.24, 2.45) is 0 Å². The largest absolute Gasteiger partial charge is 0.336 e. The fourth-order valence-electron chi connectivity index (χ4n) is 3.69. The average Bonchev–Trinajstić information content (AvgIpc) is 2.56. The topological polar surface area (TPSA) is 32.3 Å². The summed E-state index contributed by atoms with van der Waals surface area (Å²) in [4.78, 5) is 14.7. The second-order valence-corrected chi connectivity index (χ2v) is 6.60. The van der Waals surface area contributed by atoms with Gasteiger partial charge in [-0.05, 0) is 81.8 Å². The Balaban J connectivity index is 1.83. The summed E-state index contributed by atoms with van der Waals surface area (Å²) in [5, 5.41) is 3.30. The Morgan fingerprint density at radius 1 is 1.23 bits per heavy atom. The van der Waals surface area contributed by atoms with Crippen molar-refractivity contribution >= 4 is 5.91 Å². The standard InChI is InChI=1S/C18H25FN2O/c1-13-4-2-3-11-21(13)18(22)15-5-6-17(19)16(12-15)14-7-9-20-10-8-14/h5-6,12-14,20H,2-4,7-11H2,1H3. The Kier molecular flexibility index (Phi) is 4.77. The molecule has 1 amide bonds. The molecule has 3 nitrogen and oxygen atoms in total. The zero-order valence-electron chi connectivity index (χ0n) is 13.3. The van der Waals surface area contributed by atoms with Crippen LogP contribution in [0.1, 0.15) is 60.9 Å². The number of nitrogens with one attached hydrogen (secondary N) is 1. The lowest BCUT2D eigenvalue weighted by Crippen LogP contribution is -2.42. The van der Waals surface area contributed by atoms with Crippen LogP contribution in [0.15, 0.2) is 18.2 Å². The van der Waals surface area contributed by atoms with E-state index in [1.165, 1.54) is 12.5 Å². The van der Waals surface area contributed by atoms with Gasteiger partial charge in [0.05, 0.1) is 0 Å². The number of benzene rings is 1. The molecule has 3 rings (SSSR count). The molecule has 0 radical (unpaired) electrons. The Morgan fingerprint density at radius 3 is 2.73 bits per heavy atom. The Hall–Kier alpha value is -1.42. The first-order chi connectivity index (χ1) is 10.7. The number of likely N-dealkylation sites (tertiary alicyclic amines) is 1. The summed E-state index contributed by atoms with van der Waals surface area (Å²) in [5.41, 5.74) is 1.36. The van der Waals surface area contributed by atoms with Crippen molar-refractivity contribution in [3.8, 4) is 0 Å². The van der Waals surface area contributed by atoms with Gasteiger partial charge in [0.2, 0.25) is 0 Å². The summed E-state index contributed by atoms with van der Waals surface area (Å²) in [6.45, 7) is 4.77. The van der Waals surface area contributed by atoms with Crippen LogP contribution in [-0.2, 0) is 0 Å². The van der Waals surface area contributed by atoms with Crippen LogP contribution in [0.3, 0.4) is 0 Å². The summed E-state index contributed by atoms with van der Waals surface area (Å²) >= 11 is 0. The van der Waals surface area contributed by atoms with E-state index in [1.807, 2.05) is 4.90 Å². The second-order valence-electron chi connectivity index (χ2n) is 6.60. The molecule has 1 N–H and O–H groups in total. The number of nitrogens with zero attached hydrogens (tertiary/aromatic N) is 1. The molecule has 0 saturated carbocycles. The van der Waals surface area contributed by atoms with Crippen molar-refractivity contribution in [3.63, 3.8) is 0 Å². The number of hydrogen-bond acceptors (Lipinski definition) is 2. The second kappa shape index (κ2) is 6.78. The van der Waals surface area contributed by atoms with Crippen LogP contribution in [0, 0.1) is 5.82 Å². The molecule has 0 aliphatic carbocycles. The fraction of sp³-hybridized carbons (Fsp3) is 0.611. The van der Waals surface area contributed by atoms with E-state index in [9.17, 15) is 9.18 Å². The van der Waals surface area contributed by atoms with Crippen LogP contribution in [0.4, 0.5) is 4.39 Å². The minimum Gasteiger partial charge on any atom is -0.336 e. The molecule has 0 spiro atoms. The molecule has 1 aromatic rings. The third kappa shape index (κ3) is 3.17. The van der Waals surface area contributed by atoms with E-state index in [2.05, 4.69) is 12.2 Å². The van der Waals surface area contributed by atoms with Gasteiger partial charge < -0.3 is 10.2 Å². The van der Waals surface area contributed by atoms with Gasteiger partial charge in [0, 0.05) is 18.2 Å². The Labute approximate surface area is 131 Å². The van der Waals surface area contributed by atoms with E-state index in [4.69, 9.17) is 0 Å². The maximum atomic E-state index is 14.2. The van der Waals surface area contributed by atoms with Crippen molar-refractivity contribution in [2.45, 2.75) is 51.0 Å². The predicted octanol–water partition coefficient (Wildman–Crippen LogP) is 3.31. The van der Waals surface area contributed by atoms with Gasteiger partial charge in [-0.15, -0.1) is 0 Å². The fourth-order valence-corrected chi connectivity index (χ4v) is 3.69. The molecule has 1 unspecified atom stereocenters. The first-order valence-electron chi connectivity index (χ1n) is 8.48. The normalized spacial score (nSPS) is 23.5. The number of halogens is 1. The number of rotatable bonds is 2. The lowest BCUT2D eigenvalue weighted by molar-refractivity contribution is 0.0635. The lowest BCUT2D eigenvalue weighted by Gasteiger charge is -2.33. The maximum absolute atomic E-state index is 14.2. The Morgan fingerprint density at radius 2 is 2.00 bits per heavy atom. The van der Waals surface area contributed by atoms with E-state index in [0.717, 1.165) is 50.9 Å². The molecule has 2 fully saturated rings. The zero-order valence-corrected chi connectivity index (χ0v) is 13.3. The minimum atomic E-state index is -0.171. The number of carbonyl (C=O) groups is 1. The van der Waals surface area contributed by atoms with Crippen molar-refractivity contribution in [3.05, 3.63) is 35.1 Å². The van der Waals surface area contributed by atoms with Gasteiger partial charge in [0.25, 0.3) is 5.91 Å². The maximum Gasteiger partial charge on any atom is 0.254 e. The van der Waals surface area contributed by atoms with Crippen LogP contribution in [-0.4, -0.2) is 36.5 Å². The highest BCUT2D eigenvalue weighted by molar-refractivity contribution is 5.94. The van der Waals surface area contributed by atoms with Gasteiger partial charge in [-0.3, -0.25) is 4.79 Å². The first-order valence-corrected chi connectivity index (χ1v) is 8.48. The molecular weight excluding hydrogens is 279 g/mol. The van der Waals surface area contributed by atoms with E-state index in [-0.39, 0.29) is 23.7 Å². The quantitative estimate of drug-likeness (QED) is 0.909. The molecule has 0 bridgehead atoms. The van der Waals surface area contributed by atoms with Crippen LogP contribution >= 0.6 is 0 Å². The number of carbonyl (C=O) groups excluding carboxylic acids is 1. The van der Waals surface area contributed by atoms with Crippen molar-refractivity contribution in [1.82, 2.24) is 10.2 Å². The van der Waals surface area contributed by atoms with E-state index in [0.29, 0.717) is 5.56 Å². The van der Waals surface area contributed by atoms with Crippen LogP contribution in [0.25, 0.3) is 0 Å². The highest BCUT2D eigenvalue weighted by Gasteiger charge is 2.26. The third-order valence-electron chi connectivity index (χ3n) is 5.09. The Bertz CT molecular complexity index is 540. The minimum absolute atomic E-state index is 0.0578. The summed E-state index contributed by atoms with van der Waals surface area (Å²) in [6, 6.07) is 5.20. The van der Waals surface area contributed by atoms with Gasteiger partial charge in [-0.2, -0.15) is 0 Å². The molecule has 120 valence electrons. The monoisotopic (exact) mass is 304 g/mol. The molecule has 0 aromatic heterocycles. The smallest absolute Gasteiger partial charge is 0.254 e. The zero-order chi connectivity index (χ0) is 15.5. The van der Waals surface area contributed by atoms with Crippen molar-refractivity contribution in [1.29, 1.82) is 0 Å². The highest BCUT2D eigenvalue weighted by atomic mass is 19.1. The van der Waals surface area contributed by atoms with Crippen LogP contribution < -0.4 is 5.32 Å². The average molecular weight is 304 g/mol. The van der Waals surface area contributed by atoms with Gasteiger partial charge >= 0.3 is 0 Å². The van der Waals surface area contributed by atoms with Gasteiger partial charge in [0.15, 0.2) is 0 Å². The van der Waals surface area contributed by atoms with Gasteiger partial charge in [-0.25, -0.2) is 4.39 Å². The number of hydrogen-bond donors (Lipinski definition) is 1. The SMILES string of the molecule is CC1CCCCN1C(=O)c1ccc(F)c(C2CCNCC2)c1. The molecule has 1 atom stereocenters. The highest BCUT2D eigenvalue weighted by Crippen LogP contribution is 2.29. The van der Waals surface area contributed by atoms with Crippen LogP contribution in [0.2, 0.25) is 0 Å².